The SMILES string of the molecule is CC(NC(=O)c1cccc(C(=O)NC(C)C23CC4CC(CC(C4)C2)C3)c1)C12CC3CC(CC(C3)C1)C2. The molecule has 0 saturated heterocycles. The molecular formula is C32H44N2O2. The number of hydrogen-bond donors (Lipinski definition) is 2. The Hall–Kier alpha value is -1.84. The maximum absolute atomic E-state index is 13.3. The van der Waals surface area contributed by atoms with Gasteiger partial charge in [0.15, 0.2) is 0 Å². The summed E-state index contributed by atoms with van der Waals surface area (Å²) in [5.74, 6) is 5.19. The maximum atomic E-state index is 13.3. The molecule has 0 aliphatic heterocycles. The zero-order chi connectivity index (χ0) is 24.7. The summed E-state index contributed by atoms with van der Waals surface area (Å²) < 4.78 is 0. The van der Waals surface area contributed by atoms with E-state index >= 15 is 0 Å². The number of nitrogens with one attached hydrogen (secondary N) is 2. The van der Waals surface area contributed by atoms with Crippen molar-refractivity contribution in [2.75, 3.05) is 0 Å². The van der Waals surface area contributed by atoms with Gasteiger partial charge in [-0.1, -0.05) is 6.07 Å². The van der Waals surface area contributed by atoms with Gasteiger partial charge in [-0.15, -0.1) is 0 Å². The summed E-state index contributed by atoms with van der Waals surface area (Å²) in [4.78, 5) is 26.7. The quantitative estimate of drug-likeness (QED) is 0.490. The fraction of sp³-hybridized carbons (Fsp3) is 0.750. The van der Waals surface area contributed by atoms with Crippen LogP contribution in [0.3, 0.4) is 0 Å². The molecule has 8 saturated carbocycles. The lowest BCUT2D eigenvalue weighted by molar-refractivity contribution is -0.0688. The molecular weight excluding hydrogens is 444 g/mol. The minimum absolute atomic E-state index is 0.0259. The van der Waals surface area contributed by atoms with Crippen LogP contribution in [0.25, 0.3) is 0 Å². The molecule has 0 spiro atoms. The number of benzene rings is 1. The Balaban J connectivity index is 1.02. The van der Waals surface area contributed by atoms with Gasteiger partial charge in [-0.05, 0) is 155 Å². The molecule has 8 aliphatic carbocycles. The minimum atomic E-state index is -0.0259. The molecule has 194 valence electrons. The molecule has 2 amide bonds. The first-order valence-electron chi connectivity index (χ1n) is 15.0. The first-order chi connectivity index (χ1) is 17.3. The molecule has 4 nitrogen and oxygen atoms in total. The second kappa shape index (κ2) is 8.33. The molecule has 8 bridgehead atoms. The second-order valence-electron chi connectivity index (χ2n) is 14.5. The second-order valence-corrected chi connectivity index (χ2v) is 14.5. The Bertz CT molecular complexity index is 910. The first-order valence-corrected chi connectivity index (χ1v) is 15.0. The average molecular weight is 489 g/mol. The molecule has 0 heterocycles. The van der Waals surface area contributed by atoms with Crippen LogP contribution in [0, 0.1) is 46.3 Å². The van der Waals surface area contributed by atoms with Crippen molar-refractivity contribution in [2.24, 2.45) is 46.3 Å². The highest BCUT2D eigenvalue weighted by molar-refractivity contribution is 5.99. The van der Waals surface area contributed by atoms with Crippen molar-refractivity contribution in [3.63, 3.8) is 0 Å². The highest BCUT2D eigenvalue weighted by atomic mass is 16.2. The molecule has 4 heteroatoms. The predicted octanol–water partition coefficient (Wildman–Crippen LogP) is 6.36. The molecule has 2 N–H and O–H groups in total. The molecule has 1 aromatic rings. The van der Waals surface area contributed by atoms with Gasteiger partial charge in [-0.25, -0.2) is 0 Å². The maximum Gasteiger partial charge on any atom is 0.251 e. The third kappa shape index (κ3) is 3.84. The van der Waals surface area contributed by atoms with Crippen molar-refractivity contribution >= 4 is 11.8 Å². The van der Waals surface area contributed by atoms with Gasteiger partial charge < -0.3 is 10.6 Å². The molecule has 9 rings (SSSR count). The third-order valence-electron chi connectivity index (χ3n) is 12.1. The van der Waals surface area contributed by atoms with Crippen LogP contribution in [0.2, 0.25) is 0 Å². The van der Waals surface area contributed by atoms with Crippen molar-refractivity contribution in [3.8, 4) is 0 Å². The van der Waals surface area contributed by atoms with Crippen molar-refractivity contribution in [2.45, 2.75) is 103 Å². The van der Waals surface area contributed by atoms with Gasteiger partial charge in [-0.2, -0.15) is 0 Å². The predicted molar refractivity (Wildman–Crippen MR) is 142 cm³/mol. The largest absolute Gasteiger partial charge is 0.349 e. The van der Waals surface area contributed by atoms with Crippen LogP contribution in [0.15, 0.2) is 24.3 Å². The summed E-state index contributed by atoms with van der Waals surface area (Å²) in [5, 5.41) is 6.76. The average Bonchev–Trinajstić information content (AvgIpc) is 2.82. The monoisotopic (exact) mass is 488 g/mol. The van der Waals surface area contributed by atoms with Gasteiger partial charge in [0.1, 0.15) is 0 Å². The number of carbonyl (C=O) groups is 2. The molecule has 8 aliphatic rings. The van der Waals surface area contributed by atoms with Crippen LogP contribution in [-0.4, -0.2) is 23.9 Å². The number of rotatable bonds is 6. The highest BCUT2D eigenvalue weighted by Crippen LogP contribution is 2.62. The molecule has 8 fully saturated rings. The van der Waals surface area contributed by atoms with E-state index in [0.29, 0.717) is 11.1 Å². The highest BCUT2D eigenvalue weighted by Gasteiger charge is 2.54. The third-order valence-corrected chi connectivity index (χ3v) is 12.1. The van der Waals surface area contributed by atoms with Crippen LogP contribution in [-0.2, 0) is 0 Å². The zero-order valence-corrected chi connectivity index (χ0v) is 22.2. The Morgan fingerprint density at radius 1 is 0.639 bits per heavy atom. The van der Waals surface area contributed by atoms with Crippen LogP contribution >= 0.6 is 0 Å². The van der Waals surface area contributed by atoms with Crippen LogP contribution in [0.5, 0.6) is 0 Å². The number of carbonyl (C=O) groups excluding carboxylic acids is 2. The van der Waals surface area contributed by atoms with Gasteiger partial charge in [0.05, 0.1) is 0 Å². The van der Waals surface area contributed by atoms with E-state index in [-0.39, 0.29) is 34.7 Å². The van der Waals surface area contributed by atoms with Crippen LogP contribution in [0.4, 0.5) is 0 Å². The smallest absolute Gasteiger partial charge is 0.251 e. The zero-order valence-electron chi connectivity index (χ0n) is 22.2. The lowest BCUT2D eigenvalue weighted by Crippen LogP contribution is -2.56. The van der Waals surface area contributed by atoms with E-state index < -0.39 is 0 Å². The van der Waals surface area contributed by atoms with E-state index in [9.17, 15) is 9.59 Å². The van der Waals surface area contributed by atoms with Gasteiger partial charge >= 0.3 is 0 Å². The van der Waals surface area contributed by atoms with Crippen molar-refractivity contribution in [3.05, 3.63) is 35.4 Å². The standard InChI is InChI=1S/C32H44N2O2/c1-19(31-13-21-6-22(14-31)8-23(7-21)15-31)33-29(35)27-4-3-5-28(12-27)30(36)34-20(2)32-16-24-9-25(17-32)11-26(10-24)18-32/h3-5,12,19-26H,6-11,13-18H2,1-2H3,(H,33,35)(H,34,36). The van der Waals surface area contributed by atoms with E-state index in [4.69, 9.17) is 0 Å². The molecule has 0 radical (unpaired) electrons. The van der Waals surface area contributed by atoms with E-state index in [1.54, 1.807) is 0 Å². The summed E-state index contributed by atoms with van der Waals surface area (Å²) in [6, 6.07) is 7.78. The molecule has 2 atom stereocenters. The Kier molecular flexibility index (Phi) is 5.39. The summed E-state index contributed by atoms with van der Waals surface area (Å²) in [5.41, 5.74) is 1.79. The summed E-state index contributed by atoms with van der Waals surface area (Å²) >= 11 is 0. The van der Waals surface area contributed by atoms with E-state index in [2.05, 4.69) is 24.5 Å². The number of hydrogen-bond acceptors (Lipinski definition) is 2. The van der Waals surface area contributed by atoms with Crippen molar-refractivity contribution in [1.82, 2.24) is 10.6 Å². The summed E-state index contributed by atoms with van der Waals surface area (Å²) in [6.45, 7) is 4.46. The van der Waals surface area contributed by atoms with Crippen molar-refractivity contribution in [1.29, 1.82) is 0 Å². The Labute approximate surface area is 216 Å². The van der Waals surface area contributed by atoms with Gasteiger partial charge in [-0.3, -0.25) is 9.59 Å². The lowest BCUT2D eigenvalue weighted by Gasteiger charge is -2.59. The minimum Gasteiger partial charge on any atom is -0.349 e. The fourth-order valence-electron chi connectivity index (χ4n) is 11.1. The Morgan fingerprint density at radius 3 is 1.25 bits per heavy atom. The molecule has 0 aromatic heterocycles. The van der Waals surface area contributed by atoms with Gasteiger partial charge in [0, 0.05) is 23.2 Å². The molecule has 36 heavy (non-hydrogen) atoms. The van der Waals surface area contributed by atoms with Gasteiger partial charge in [0.25, 0.3) is 11.8 Å². The van der Waals surface area contributed by atoms with Crippen LogP contribution in [0.1, 0.15) is 112 Å². The summed E-state index contributed by atoms with van der Waals surface area (Å²) in [7, 11) is 0. The number of amides is 2. The molecule has 1 aromatic carbocycles. The van der Waals surface area contributed by atoms with Gasteiger partial charge in [0.2, 0.25) is 0 Å². The molecule has 2 unspecified atom stereocenters. The Morgan fingerprint density at radius 2 is 0.944 bits per heavy atom. The van der Waals surface area contributed by atoms with Crippen molar-refractivity contribution < 1.29 is 9.59 Å². The normalized spacial score (nSPS) is 43.3. The van der Waals surface area contributed by atoms with E-state index in [1.165, 1.54) is 77.0 Å². The first kappa shape index (κ1) is 23.3. The fourth-order valence-corrected chi connectivity index (χ4v) is 11.1. The lowest BCUT2D eigenvalue weighted by atomic mass is 9.48. The van der Waals surface area contributed by atoms with E-state index in [1.807, 2.05) is 24.3 Å². The summed E-state index contributed by atoms with van der Waals surface area (Å²) in [6.07, 6.45) is 16.2. The topological polar surface area (TPSA) is 58.2 Å². The van der Waals surface area contributed by atoms with Crippen LogP contribution < -0.4 is 10.6 Å². The van der Waals surface area contributed by atoms with E-state index in [0.717, 1.165) is 35.5 Å².